The number of carbonyl (C=O) groups is 2. The van der Waals surface area contributed by atoms with E-state index in [0.717, 1.165) is 19.4 Å². The molecule has 3 heterocycles. The number of pyridine rings is 1. The van der Waals surface area contributed by atoms with Crippen LogP contribution in [-0.4, -0.2) is 65.0 Å². The average Bonchev–Trinajstić information content (AvgIpc) is 3.00. The first-order chi connectivity index (χ1) is 11.5. The second kappa shape index (κ2) is 7.07. The number of likely N-dealkylation sites (tertiary alicyclic amines) is 1. The fourth-order valence-electron chi connectivity index (χ4n) is 3.23. The Hall–Kier alpha value is -2.31. The quantitative estimate of drug-likeness (QED) is 0.907. The molecule has 7 heteroatoms. The van der Waals surface area contributed by atoms with E-state index in [2.05, 4.69) is 10.3 Å². The normalized spacial score (nSPS) is 21.1. The summed E-state index contributed by atoms with van der Waals surface area (Å²) in [5.41, 5.74) is 0.553. The molecule has 7 nitrogen and oxygen atoms in total. The molecule has 0 aromatic carbocycles. The minimum absolute atomic E-state index is 0.0221. The molecule has 0 saturated carbocycles. The summed E-state index contributed by atoms with van der Waals surface area (Å²) < 4.78 is 5.50. The standard InChI is InChI=1S/C17H24N4O3/c1-12(2)24-15-6-5-13(10-19-15)16(22)20-8-3-4-14(11-20)21-9-7-18-17(21)23/h5-6,10,12,14H,3-4,7-9,11H2,1-2H3,(H,18,23)/t14-/m0/s1. The lowest BCUT2D eigenvalue weighted by Gasteiger charge is -2.37. The third-order valence-electron chi connectivity index (χ3n) is 4.35. The van der Waals surface area contributed by atoms with Gasteiger partial charge in [-0.3, -0.25) is 4.79 Å². The van der Waals surface area contributed by atoms with Crippen LogP contribution in [0, 0.1) is 0 Å². The van der Waals surface area contributed by atoms with Crippen LogP contribution in [0.15, 0.2) is 18.3 Å². The van der Waals surface area contributed by atoms with Gasteiger partial charge >= 0.3 is 6.03 Å². The molecule has 2 aliphatic heterocycles. The lowest BCUT2D eigenvalue weighted by Crippen LogP contribution is -2.50. The highest BCUT2D eigenvalue weighted by atomic mass is 16.5. The third kappa shape index (κ3) is 3.60. The Labute approximate surface area is 142 Å². The molecule has 1 aromatic rings. The van der Waals surface area contributed by atoms with Gasteiger partial charge in [0.25, 0.3) is 5.91 Å². The van der Waals surface area contributed by atoms with Crippen LogP contribution < -0.4 is 10.1 Å². The van der Waals surface area contributed by atoms with Crippen molar-refractivity contribution in [3.05, 3.63) is 23.9 Å². The zero-order valence-electron chi connectivity index (χ0n) is 14.2. The number of rotatable bonds is 4. The predicted octanol–water partition coefficient (Wildman–Crippen LogP) is 1.50. The molecule has 24 heavy (non-hydrogen) atoms. The number of carbonyl (C=O) groups excluding carboxylic acids is 2. The Bertz CT molecular complexity index is 602. The van der Waals surface area contributed by atoms with Crippen molar-refractivity contribution in [2.45, 2.75) is 38.8 Å². The number of nitrogens with zero attached hydrogens (tertiary/aromatic N) is 3. The van der Waals surface area contributed by atoms with Gasteiger partial charge in [0.1, 0.15) is 0 Å². The number of ether oxygens (including phenoxy) is 1. The average molecular weight is 332 g/mol. The lowest BCUT2D eigenvalue weighted by molar-refractivity contribution is 0.0634. The molecule has 0 spiro atoms. The Kier molecular flexibility index (Phi) is 4.87. The molecule has 1 aromatic heterocycles. The smallest absolute Gasteiger partial charge is 0.317 e. The van der Waals surface area contributed by atoms with E-state index in [9.17, 15) is 9.59 Å². The van der Waals surface area contributed by atoms with Gasteiger partial charge in [-0.1, -0.05) is 0 Å². The molecular weight excluding hydrogens is 308 g/mol. The van der Waals surface area contributed by atoms with Crippen molar-refractivity contribution in [2.24, 2.45) is 0 Å². The molecule has 0 aliphatic carbocycles. The summed E-state index contributed by atoms with van der Waals surface area (Å²) >= 11 is 0. The summed E-state index contributed by atoms with van der Waals surface area (Å²) in [6, 6.07) is 3.55. The van der Waals surface area contributed by atoms with Gasteiger partial charge in [0.2, 0.25) is 5.88 Å². The molecule has 1 atom stereocenters. The molecule has 0 bridgehead atoms. The first kappa shape index (κ1) is 16.5. The van der Waals surface area contributed by atoms with Crippen molar-refractivity contribution in [2.75, 3.05) is 26.2 Å². The van der Waals surface area contributed by atoms with E-state index in [-0.39, 0.29) is 24.1 Å². The SMILES string of the molecule is CC(C)Oc1ccc(C(=O)N2CCC[C@H](N3CCNC3=O)C2)cn1. The molecule has 2 saturated heterocycles. The minimum Gasteiger partial charge on any atom is -0.475 e. The fourth-order valence-corrected chi connectivity index (χ4v) is 3.23. The molecule has 3 rings (SSSR count). The molecule has 130 valence electrons. The topological polar surface area (TPSA) is 74.8 Å². The molecule has 2 aliphatic rings. The van der Waals surface area contributed by atoms with E-state index >= 15 is 0 Å². The van der Waals surface area contributed by atoms with Gasteiger partial charge in [-0.25, -0.2) is 9.78 Å². The summed E-state index contributed by atoms with van der Waals surface area (Å²) in [6.07, 6.45) is 3.46. The Morgan fingerprint density at radius 3 is 2.83 bits per heavy atom. The largest absolute Gasteiger partial charge is 0.475 e. The van der Waals surface area contributed by atoms with Gasteiger partial charge in [0.15, 0.2) is 0 Å². The molecule has 1 N–H and O–H groups in total. The highest BCUT2D eigenvalue weighted by Gasteiger charge is 2.33. The second-order valence-corrected chi connectivity index (χ2v) is 6.52. The van der Waals surface area contributed by atoms with Crippen molar-refractivity contribution in [1.82, 2.24) is 20.1 Å². The highest BCUT2D eigenvalue weighted by molar-refractivity contribution is 5.94. The zero-order valence-corrected chi connectivity index (χ0v) is 14.2. The lowest BCUT2D eigenvalue weighted by atomic mass is 10.0. The summed E-state index contributed by atoms with van der Waals surface area (Å²) in [5.74, 6) is 0.481. The van der Waals surface area contributed by atoms with E-state index < -0.39 is 0 Å². The summed E-state index contributed by atoms with van der Waals surface area (Å²) in [4.78, 5) is 32.4. The van der Waals surface area contributed by atoms with Crippen LogP contribution in [-0.2, 0) is 0 Å². The van der Waals surface area contributed by atoms with Crippen LogP contribution in [0.4, 0.5) is 4.79 Å². The van der Waals surface area contributed by atoms with Gasteiger partial charge in [0, 0.05) is 38.4 Å². The number of nitrogens with one attached hydrogen (secondary N) is 1. The zero-order chi connectivity index (χ0) is 17.1. The Morgan fingerprint density at radius 1 is 1.38 bits per heavy atom. The van der Waals surface area contributed by atoms with Gasteiger partial charge < -0.3 is 19.9 Å². The predicted molar refractivity (Wildman–Crippen MR) is 89.0 cm³/mol. The van der Waals surface area contributed by atoms with Crippen LogP contribution in [0.3, 0.4) is 0 Å². The van der Waals surface area contributed by atoms with Crippen molar-refractivity contribution in [3.8, 4) is 5.88 Å². The second-order valence-electron chi connectivity index (χ2n) is 6.52. The van der Waals surface area contributed by atoms with Crippen molar-refractivity contribution in [3.63, 3.8) is 0 Å². The van der Waals surface area contributed by atoms with Crippen molar-refractivity contribution in [1.29, 1.82) is 0 Å². The van der Waals surface area contributed by atoms with Crippen LogP contribution in [0.1, 0.15) is 37.0 Å². The number of piperidine rings is 1. The first-order valence-electron chi connectivity index (χ1n) is 8.51. The van der Waals surface area contributed by atoms with E-state index in [0.29, 0.717) is 31.1 Å². The maximum absolute atomic E-state index is 12.7. The van der Waals surface area contributed by atoms with Crippen molar-refractivity contribution >= 4 is 11.9 Å². The maximum Gasteiger partial charge on any atom is 0.317 e. The number of hydrogen-bond acceptors (Lipinski definition) is 4. The van der Waals surface area contributed by atoms with Crippen molar-refractivity contribution < 1.29 is 14.3 Å². The van der Waals surface area contributed by atoms with Gasteiger partial charge in [-0.05, 0) is 32.8 Å². The van der Waals surface area contributed by atoms with Crippen LogP contribution >= 0.6 is 0 Å². The number of aromatic nitrogens is 1. The van der Waals surface area contributed by atoms with Crippen LogP contribution in [0.5, 0.6) is 5.88 Å². The van der Waals surface area contributed by atoms with E-state index in [1.165, 1.54) is 0 Å². The molecule has 0 radical (unpaired) electrons. The van der Waals surface area contributed by atoms with E-state index in [1.54, 1.807) is 18.3 Å². The third-order valence-corrected chi connectivity index (χ3v) is 4.35. The maximum atomic E-state index is 12.7. The van der Waals surface area contributed by atoms with Gasteiger partial charge in [-0.15, -0.1) is 0 Å². The van der Waals surface area contributed by atoms with E-state index in [4.69, 9.17) is 4.74 Å². The number of amides is 3. The highest BCUT2D eigenvalue weighted by Crippen LogP contribution is 2.20. The summed E-state index contributed by atoms with van der Waals surface area (Å²) in [7, 11) is 0. The molecule has 0 unspecified atom stereocenters. The molecule has 2 fully saturated rings. The van der Waals surface area contributed by atoms with Crippen LogP contribution in [0.25, 0.3) is 0 Å². The Balaban J connectivity index is 1.64. The monoisotopic (exact) mass is 332 g/mol. The Morgan fingerprint density at radius 2 is 2.21 bits per heavy atom. The number of hydrogen-bond donors (Lipinski definition) is 1. The molecular formula is C17H24N4O3. The minimum atomic E-state index is -0.0390. The van der Waals surface area contributed by atoms with Gasteiger partial charge in [-0.2, -0.15) is 0 Å². The van der Waals surface area contributed by atoms with Gasteiger partial charge in [0.05, 0.1) is 17.7 Å². The summed E-state index contributed by atoms with van der Waals surface area (Å²) in [6.45, 7) is 6.57. The number of urea groups is 1. The fraction of sp³-hybridized carbons (Fsp3) is 0.588. The molecule has 3 amide bonds. The van der Waals surface area contributed by atoms with E-state index in [1.807, 2.05) is 23.6 Å². The first-order valence-corrected chi connectivity index (χ1v) is 8.51. The summed E-state index contributed by atoms with van der Waals surface area (Å²) in [5, 5.41) is 2.82. The van der Waals surface area contributed by atoms with Crippen LogP contribution in [0.2, 0.25) is 0 Å².